The smallest absolute Gasteiger partial charge is 0.306 e. The number of rotatable bonds is 53. The summed E-state index contributed by atoms with van der Waals surface area (Å²) in [5.74, 6) is -0.981. The molecule has 0 N–H and O–H groups in total. The van der Waals surface area contributed by atoms with Crippen LogP contribution in [0.25, 0.3) is 0 Å². The van der Waals surface area contributed by atoms with Gasteiger partial charge in [-0.1, -0.05) is 239 Å². The molecule has 0 fully saturated rings. The van der Waals surface area contributed by atoms with Gasteiger partial charge >= 0.3 is 17.9 Å². The first kappa shape index (κ1) is 68.1. The van der Waals surface area contributed by atoms with Crippen molar-refractivity contribution in [2.24, 2.45) is 0 Å². The molecule has 0 aliphatic rings. The highest BCUT2D eigenvalue weighted by Crippen LogP contribution is 2.14. The molecule has 6 nitrogen and oxygen atoms in total. The Bertz CT molecular complexity index is 1470. The fourth-order valence-corrected chi connectivity index (χ4v) is 8.01. The topological polar surface area (TPSA) is 78.9 Å². The summed E-state index contributed by atoms with van der Waals surface area (Å²) in [7, 11) is 0. The summed E-state index contributed by atoms with van der Waals surface area (Å²) < 4.78 is 16.8. The predicted octanol–water partition coefficient (Wildman–Crippen LogP) is 20.3. The molecule has 0 heterocycles. The van der Waals surface area contributed by atoms with E-state index in [0.29, 0.717) is 19.3 Å². The fourth-order valence-electron chi connectivity index (χ4n) is 8.01. The molecule has 0 aromatic carbocycles. The van der Waals surface area contributed by atoms with Crippen LogP contribution in [0.5, 0.6) is 0 Å². The van der Waals surface area contributed by atoms with Crippen molar-refractivity contribution in [2.75, 3.05) is 13.2 Å². The van der Waals surface area contributed by atoms with Crippen LogP contribution < -0.4 is 0 Å². The number of esters is 3. The van der Waals surface area contributed by atoms with E-state index in [0.717, 1.165) is 109 Å². The number of allylic oxidation sites excluding steroid dienone is 18. The van der Waals surface area contributed by atoms with Crippen LogP contribution in [0.15, 0.2) is 109 Å². The highest BCUT2D eigenvalue weighted by atomic mass is 16.6. The van der Waals surface area contributed by atoms with E-state index in [2.05, 4.69) is 130 Å². The number of hydrogen-bond donors (Lipinski definition) is 0. The quantitative estimate of drug-likeness (QED) is 0.0261. The lowest BCUT2D eigenvalue weighted by Crippen LogP contribution is -2.30. The van der Waals surface area contributed by atoms with Crippen molar-refractivity contribution in [3.8, 4) is 0 Å². The van der Waals surface area contributed by atoms with Crippen LogP contribution >= 0.6 is 0 Å². The van der Waals surface area contributed by atoms with E-state index in [1.807, 2.05) is 0 Å². The van der Waals surface area contributed by atoms with Gasteiger partial charge < -0.3 is 14.2 Å². The molecule has 0 aromatic heterocycles. The number of unbranched alkanes of at least 4 members (excludes halogenated alkanes) is 24. The Labute approximate surface area is 444 Å². The Morgan fingerprint density at radius 3 is 0.903 bits per heavy atom. The molecular formula is C66H110O6. The summed E-state index contributed by atoms with van der Waals surface area (Å²) >= 11 is 0. The Hall–Kier alpha value is -3.93. The van der Waals surface area contributed by atoms with Crippen LogP contribution in [0, 0.1) is 0 Å². The zero-order valence-corrected chi connectivity index (χ0v) is 46.9. The first-order chi connectivity index (χ1) is 35.5. The maximum absolute atomic E-state index is 12.8. The van der Waals surface area contributed by atoms with Crippen LogP contribution in [0.1, 0.15) is 271 Å². The Balaban J connectivity index is 4.45. The summed E-state index contributed by atoms with van der Waals surface area (Å²) in [6, 6.07) is 0. The van der Waals surface area contributed by atoms with E-state index >= 15 is 0 Å². The van der Waals surface area contributed by atoms with Crippen molar-refractivity contribution in [1.29, 1.82) is 0 Å². The third kappa shape index (κ3) is 57.0. The van der Waals surface area contributed by atoms with Gasteiger partial charge in [0.1, 0.15) is 13.2 Å². The van der Waals surface area contributed by atoms with Gasteiger partial charge in [-0.15, -0.1) is 0 Å². The summed E-state index contributed by atoms with van der Waals surface area (Å²) in [6.45, 7) is 6.45. The van der Waals surface area contributed by atoms with E-state index in [-0.39, 0.29) is 37.5 Å². The molecule has 0 saturated carbocycles. The zero-order chi connectivity index (χ0) is 52.2. The first-order valence-corrected chi connectivity index (χ1v) is 29.9. The molecule has 0 aliphatic heterocycles. The second-order valence-corrected chi connectivity index (χ2v) is 19.5. The third-order valence-corrected chi connectivity index (χ3v) is 12.5. The van der Waals surface area contributed by atoms with Gasteiger partial charge in [-0.25, -0.2) is 0 Å². The van der Waals surface area contributed by atoms with E-state index in [1.54, 1.807) is 0 Å². The normalized spacial score (nSPS) is 12.9. The maximum atomic E-state index is 12.8. The minimum absolute atomic E-state index is 0.108. The number of carbonyl (C=O) groups excluding carboxylic acids is 3. The molecule has 1 unspecified atom stereocenters. The minimum atomic E-state index is -0.817. The summed E-state index contributed by atoms with van der Waals surface area (Å²) in [5.41, 5.74) is 0. The van der Waals surface area contributed by atoms with E-state index in [4.69, 9.17) is 14.2 Å². The average Bonchev–Trinajstić information content (AvgIpc) is 3.38. The van der Waals surface area contributed by atoms with Crippen LogP contribution in [0.4, 0.5) is 0 Å². The molecule has 0 aromatic rings. The average molecular weight is 1000 g/mol. The monoisotopic (exact) mass is 999 g/mol. The van der Waals surface area contributed by atoms with Gasteiger partial charge in [0.15, 0.2) is 6.10 Å². The zero-order valence-electron chi connectivity index (χ0n) is 46.9. The van der Waals surface area contributed by atoms with Crippen molar-refractivity contribution in [3.05, 3.63) is 109 Å². The van der Waals surface area contributed by atoms with Crippen LogP contribution in [0.3, 0.4) is 0 Å². The van der Waals surface area contributed by atoms with Crippen molar-refractivity contribution >= 4 is 17.9 Å². The van der Waals surface area contributed by atoms with Gasteiger partial charge in [0.25, 0.3) is 0 Å². The highest BCUT2D eigenvalue weighted by Gasteiger charge is 2.19. The van der Waals surface area contributed by atoms with Crippen molar-refractivity contribution < 1.29 is 28.6 Å². The Morgan fingerprint density at radius 1 is 0.292 bits per heavy atom. The molecule has 0 amide bonds. The molecular weight excluding hydrogens is 889 g/mol. The molecule has 0 spiro atoms. The van der Waals surface area contributed by atoms with Crippen molar-refractivity contribution in [1.82, 2.24) is 0 Å². The summed E-state index contributed by atoms with van der Waals surface area (Å²) in [6.07, 6.45) is 80.9. The molecule has 72 heavy (non-hydrogen) atoms. The molecule has 0 bridgehead atoms. The highest BCUT2D eigenvalue weighted by molar-refractivity contribution is 5.71. The van der Waals surface area contributed by atoms with Crippen molar-refractivity contribution in [2.45, 2.75) is 277 Å². The first-order valence-electron chi connectivity index (χ1n) is 29.9. The predicted molar refractivity (Wildman–Crippen MR) is 311 cm³/mol. The van der Waals surface area contributed by atoms with Gasteiger partial charge in [0, 0.05) is 19.3 Å². The molecule has 0 rings (SSSR count). The molecule has 410 valence electrons. The largest absolute Gasteiger partial charge is 0.462 e. The SMILES string of the molecule is CC/C=C\C/C=C\C/C=C\C/C=C\C/C=C\CCCC(=O)OC(COC(=O)CCCCCCC/C=C\CCCCCCC)COC(=O)CCCCCCCCCC/C=C\C/C=C\C/C=C\CCCCCCC. The third-order valence-electron chi connectivity index (χ3n) is 12.5. The van der Waals surface area contributed by atoms with Gasteiger partial charge in [-0.05, 0) is 122 Å². The second kappa shape index (κ2) is 59.6. The molecule has 0 aliphatic carbocycles. The van der Waals surface area contributed by atoms with Gasteiger partial charge in [-0.3, -0.25) is 14.4 Å². The van der Waals surface area contributed by atoms with Gasteiger partial charge in [-0.2, -0.15) is 0 Å². The lowest BCUT2D eigenvalue weighted by molar-refractivity contribution is -0.167. The van der Waals surface area contributed by atoms with E-state index in [1.165, 1.54) is 116 Å². The number of carbonyl (C=O) groups is 3. The minimum Gasteiger partial charge on any atom is -0.462 e. The Morgan fingerprint density at radius 2 is 0.556 bits per heavy atom. The number of ether oxygens (including phenoxy) is 3. The summed E-state index contributed by atoms with van der Waals surface area (Å²) in [5, 5.41) is 0. The molecule has 6 heteroatoms. The van der Waals surface area contributed by atoms with Crippen LogP contribution in [-0.4, -0.2) is 37.2 Å². The van der Waals surface area contributed by atoms with E-state index in [9.17, 15) is 14.4 Å². The molecule has 1 atom stereocenters. The van der Waals surface area contributed by atoms with Crippen LogP contribution in [-0.2, 0) is 28.6 Å². The Kier molecular flexibility index (Phi) is 56.4. The van der Waals surface area contributed by atoms with Gasteiger partial charge in [0.05, 0.1) is 0 Å². The maximum Gasteiger partial charge on any atom is 0.306 e. The second-order valence-electron chi connectivity index (χ2n) is 19.5. The fraction of sp³-hybridized carbons (Fsp3) is 0.682. The molecule has 0 radical (unpaired) electrons. The lowest BCUT2D eigenvalue weighted by Gasteiger charge is -2.18. The van der Waals surface area contributed by atoms with Gasteiger partial charge in [0.2, 0.25) is 0 Å². The van der Waals surface area contributed by atoms with E-state index < -0.39 is 6.10 Å². The lowest BCUT2D eigenvalue weighted by atomic mass is 10.1. The standard InChI is InChI=1S/C66H110O6/c1-4-7-10-13-16-19-22-25-28-30-31-32-33-34-35-37-38-41-44-47-50-53-56-59-65(68)71-62-63(61-70-64(67)58-55-52-49-46-43-40-27-24-21-18-15-12-9-6-3)72-66(69)60-57-54-51-48-45-42-39-36-29-26-23-20-17-14-11-8-5-2/h8,11,17,20,22,24-27,29-31,33-34,39,42,48,51,63H,4-7,9-10,12-16,18-19,21,23,28,32,35-38,40-41,43-47,49-50,52-62H2,1-3H3/b11-8-,20-17-,25-22-,27-24-,29-26-,31-30-,34-33-,42-39-,51-48-. The summed E-state index contributed by atoms with van der Waals surface area (Å²) in [4.78, 5) is 38.2. The van der Waals surface area contributed by atoms with Crippen molar-refractivity contribution in [3.63, 3.8) is 0 Å². The molecule has 0 saturated heterocycles. The number of hydrogen-bond acceptors (Lipinski definition) is 6. The van der Waals surface area contributed by atoms with Crippen LogP contribution in [0.2, 0.25) is 0 Å².